The zero-order valence-electron chi connectivity index (χ0n) is 5.41. The summed E-state index contributed by atoms with van der Waals surface area (Å²) in [6.45, 7) is 5.59. The molecular formula is C5H12OSi. The van der Waals surface area contributed by atoms with Gasteiger partial charge in [0.05, 0.1) is 0 Å². The first kappa shape index (κ1) is 6.89. The van der Waals surface area contributed by atoms with Crippen LogP contribution in [0.5, 0.6) is 0 Å². The Morgan fingerprint density at radius 3 is 1.71 bits per heavy atom. The molecule has 0 unspecified atom stereocenters. The van der Waals surface area contributed by atoms with E-state index < -0.39 is 0 Å². The minimum absolute atomic E-state index is 0. The fraction of sp³-hybridized carbons (Fsp3) is 0.800. The summed E-state index contributed by atoms with van der Waals surface area (Å²) in [5, 5.41) is 0. The molecule has 0 bridgehead atoms. The number of ketones is 1. The van der Waals surface area contributed by atoms with E-state index in [0.717, 1.165) is 10.2 Å². The van der Waals surface area contributed by atoms with Gasteiger partial charge < -0.3 is 0 Å². The highest BCUT2D eigenvalue weighted by Crippen LogP contribution is 2.17. The molecule has 0 saturated heterocycles. The van der Waals surface area contributed by atoms with Crippen LogP contribution < -0.4 is 0 Å². The van der Waals surface area contributed by atoms with Gasteiger partial charge in [-0.15, -0.1) is 0 Å². The van der Waals surface area contributed by atoms with Gasteiger partial charge >= 0.3 is 0 Å². The average molecular weight is 116 g/mol. The Bertz CT molecular complexity index is 80.6. The molecule has 2 heteroatoms. The van der Waals surface area contributed by atoms with Crippen molar-refractivity contribution in [3.05, 3.63) is 0 Å². The lowest BCUT2D eigenvalue weighted by Gasteiger charge is -2.11. The first-order chi connectivity index (χ1) is 2.94. The molecule has 0 radical (unpaired) electrons. The van der Waals surface area contributed by atoms with Gasteiger partial charge in [-0.05, 0) is 6.92 Å². The van der Waals surface area contributed by atoms with Crippen molar-refractivity contribution >= 4 is 16.0 Å². The minimum atomic E-state index is 0. The molecule has 0 aromatic rings. The second-order valence-electron chi connectivity index (χ2n) is 2.81. The quantitative estimate of drug-likeness (QED) is 0.445. The van der Waals surface area contributed by atoms with Gasteiger partial charge in [-0.1, -0.05) is 13.8 Å². The molecule has 0 aliphatic carbocycles. The third kappa shape index (κ3) is 2.57. The van der Waals surface area contributed by atoms with Crippen molar-refractivity contribution in [3.8, 4) is 0 Å². The van der Waals surface area contributed by atoms with Gasteiger partial charge in [0.25, 0.3) is 0 Å². The molecule has 42 valence electrons. The number of carbonyl (C=O) groups excluding carboxylic acids is 1. The normalized spacial score (nSPS) is 11.9. The summed E-state index contributed by atoms with van der Waals surface area (Å²) in [6.07, 6.45) is 0. The second-order valence-corrected chi connectivity index (χ2v) is 5.31. The monoisotopic (exact) mass is 116 g/mol. The number of hydrogen-bond acceptors (Lipinski definition) is 1. The standard InChI is InChI=1S/C5H12OSi/c1-4(6)5(2,3)7/h1-3,7H3. The molecule has 1 nitrogen and oxygen atoms in total. The van der Waals surface area contributed by atoms with Gasteiger partial charge in [0, 0.05) is 15.3 Å². The largest absolute Gasteiger partial charge is 0.300 e. The lowest BCUT2D eigenvalue weighted by molar-refractivity contribution is -0.119. The molecule has 0 rings (SSSR count). The Labute approximate surface area is 47.5 Å². The van der Waals surface area contributed by atoms with Crippen LogP contribution in [0.4, 0.5) is 0 Å². The summed E-state index contributed by atoms with van der Waals surface area (Å²) in [5.74, 6) is 0.305. The lowest BCUT2D eigenvalue weighted by Crippen LogP contribution is -2.12. The van der Waals surface area contributed by atoms with Crippen molar-refractivity contribution in [2.24, 2.45) is 0 Å². The summed E-state index contributed by atoms with van der Waals surface area (Å²) in [4.78, 5) is 10.5. The number of rotatable bonds is 1. The van der Waals surface area contributed by atoms with Crippen LogP contribution >= 0.6 is 0 Å². The van der Waals surface area contributed by atoms with Gasteiger partial charge in [0.15, 0.2) is 0 Å². The predicted molar refractivity (Wildman–Crippen MR) is 34.7 cm³/mol. The van der Waals surface area contributed by atoms with E-state index in [0.29, 0.717) is 5.78 Å². The van der Waals surface area contributed by atoms with Crippen LogP contribution in [0.3, 0.4) is 0 Å². The van der Waals surface area contributed by atoms with Crippen LogP contribution in [0.2, 0.25) is 5.04 Å². The van der Waals surface area contributed by atoms with E-state index in [1.807, 2.05) is 13.8 Å². The second kappa shape index (κ2) is 1.78. The Balaban J connectivity index is 3.79. The number of carbonyl (C=O) groups is 1. The molecule has 0 atom stereocenters. The van der Waals surface area contributed by atoms with Gasteiger partial charge in [0.2, 0.25) is 0 Å². The molecule has 0 saturated carbocycles. The van der Waals surface area contributed by atoms with E-state index >= 15 is 0 Å². The molecule has 0 heterocycles. The van der Waals surface area contributed by atoms with Crippen molar-refractivity contribution < 1.29 is 4.79 Å². The maximum atomic E-state index is 10.5. The predicted octanol–water partition coefficient (Wildman–Crippen LogP) is 0.139. The fourth-order valence-electron chi connectivity index (χ4n) is 0. The smallest absolute Gasteiger partial charge is 0.131 e. The molecule has 7 heavy (non-hydrogen) atoms. The van der Waals surface area contributed by atoms with E-state index in [-0.39, 0.29) is 5.04 Å². The molecule has 0 aromatic carbocycles. The van der Waals surface area contributed by atoms with Crippen LogP contribution in [0.15, 0.2) is 0 Å². The summed E-state index contributed by atoms with van der Waals surface area (Å²) >= 11 is 0. The van der Waals surface area contributed by atoms with E-state index in [4.69, 9.17) is 0 Å². The summed E-state index contributed by atoms with van der Waals surface area (Å²) in [5.41, 5.74) is 0. The molecule has 0 aromatic heterocycles. The molecule has 0 aliphatic heterocycles. The summed E-state index contributed by atoms with van der Waals surface area (Å²) < 4.78 is 0. The third-order valence-corrected chi connectivity index (χ3v) is 1.76. The van der Waals surface area contributed by atoms with Crippen molar-refractivity contribution in [1.82, 2.24) is 0 Å². The van der Waals surface area contributed by atoms with Crippen LogP contribution in [-0.4, -0.2) is 16.0 Å². The molecule has 0 spiro atoms. The van der Waals surface area contributed by atoms with E-state index in [9.17, 15) is 4.79 Å². The van der Waals surface area contributed by atoms with E-state index in [1.165, 1.54) is 0 Å². The average Bonchev–Trinajstić information content (AvgIpc) is 1.31. The zero-order chi connectivity index (χ0) is 6.08. The number of Topliss-reactive ketones (excluding diaryl/α,β-unsaturated/α-hetero) is 1. The van der Waals surface area contributed by atoms with Crippen molar-refractivity contribution in [2.75, 3.05) is 0 Å². The van der Waals surface area contributed by atoms with Gasteiger partial charge in [-0.3, -0.25) is 4.79 Å². The topological polar surface area (TPSA) is 17.1 Å². The van der Waals surface area contributed by atoms with Crippen LogP contribution in [0, 0.1) is 0 Å². The zero-order valence-corrected chi connectivity index (χ0v) is 7.41. The van der Waals surface area contributed by atoms with Crippen molar-refractivity contribution in [3.63, 3.8) is 0 Å². The first-order valence-electron chi connectivity index (χ1n) is 2.45. The van der Waals surface area contributed by atoms with E-state index in [1.54, 1.807) is 6.92 Å². The third-order valence-electron chi connectivity index (χ3n) is 1.06. The molecule has 0 amide bonds. The highest BCUT2D eigenvalue weighted by atomic mass is 28.1. The molecule has 0 fully saturated rings. The fourth-order valence-corrected chi connectivity index (χ4v) is 0. The Hall–Kier alpha value is -0.113. The summed E-state index contributed by atoms with van der Waals surface area (Å²) in [6, 6.07) is 0. The van der Waals surface area contributed by atoms with Gasteiger partial charge in [0.1, 0.15) is 5.78 Å². The lowest BCUT2D eigenvalue weighted by atomic mass is 10.1. The molecular weight excluding hydrogens is 104 g/mol. The van der Waals surface area contributed by atoms with Gasteiger partial charge in [-0.25, -0.2) is 0 Å². The summed E-state index contributed by atoms with van der Waals surface area (Å²) in [7, 11) is 0.963. The Morgan fingerprint density at radius 1 is 1.57 bits per heavy atom. The first-order valence-corrected chi connectivity index (χ1v) is 3.45. The Morgan fingerprint density at radius 2 is 1.71 bits per heavy atom. The minimum Gasteiger partial charge on any atom is -0.300 e. The number of hydrogen-bond donors (Lipinski definition) is 0. The SMILES string of the molecule is CC(=O)C(C)(C)[SiH3]. The Kier molecular flexibility index (Phi) is 1.75. The van der Waals surface area contributed by atoms with Crippen LogP contribution in [-0.2, 0) is 4.79 Å². The van der Waals surface area contributed by atoms with Crippen molar-refractivity contribution in [2.45, 2.75) is 25.8 Å². The maximum absolute atomic E-state index is 10.5. The van der Waals surface area contributed by atoms with Gasteiger partial charge in [-0.2, -0.15) is 0 Å². The van der Waals surface area contributed by atoms with Crippen LogP contribution in [0.1, 0.15) is 20.8 Å². The van der Waals surface area contributed by atoms with E-state index in [2.05, 4.69) is 0 Å². The molecule has 0 N–H and O–H groups in total. The highest BCUT2D eigenvalue weighted by Gasteiger charge is 2.14. The van der Waals surface area contributed by atoms with Crippen LogP contribution in [0.25, 0.3) is 0 Å². The van der Waals surface area contributed by atoms with Crippen molar-refractivity contribution in [1.29, 1.82) is 0 Å². The molecule has 0 aliphatic rings. The highest BCUT2D eigenvalue weighted by molar-refractivity contribution is 6.27. The maximum Gasteiger partial charge on any atom is 0.131 e.